The van der Waals surface area contributed by atoms with E-state index in [0.717, 1.165) is 17.3 Å². The number of likely N-dealkylation sites (N-methyl/N-ethyl adjacent to an activating group) is 1. The van der Waals surface area contributed by atoms with E-state index in [1.807, 2.05) is 56.2 Å². The van der Waals surface area contributed by atoms with E-state index in [0.29, 0.717) is 18.5 Å². The number of carboxylic acids is 1. The number of carbonyl (C=O) groups is 2. The highest BCUT2D eigenvalue weighted by molar-refractivity contribution is 6.06. The Labute approximate surface area is 147 Å². The van der Waals surface area contributed by atoms with Gasteiger partial charge >= 0.3 is 5.97 Å². The van der Waals surface area contributed by atoms with Gasteiger partial charge in [0.05, 0.1) is 5.92 Å². The molecule has 0 spiro atoms. The average molecular weight is 343 g/mol. The van der Waals surface area contributed by atoms with Gasteiger partial charge in [-0.15, -0.1) is 0 Å². The van der Waals surface area contributed by atoms with Crippen molar-refractivity contribution >= 4 is 22.8 Å². The summed E-state index contributed by atoms with van der Waals surface area (Å²) in [5, 5.41) is 10.4. The van der Waals surface area contributed by atoms with Crippen LogP contribution in [0.4, 0.5) is 0 Å². The summed E-state index contributed by atoms with van der Waals surface area (Å²) in [6.45, 7) is 0.820. The summed E-state index contributed by atoms with van der Waals surface area (Å²) >= 11 is 0. The second-order valence-electron chi connectivity index (χ2n) is 7.11. The van der Waals surface area contributed by atoms with Gasteiger partial charge in [-0.2, -0.15) is 0 Å². The minimum absolute atomic E-state index is 0.0863. The lowest BCUT2D eigenvalue weighted by atomic mass is 10.0. The zero-order chi connectivity index (χ0) is 18.1. The Balaban J connectivity index is 1.95. The van der Waals surface area contributed by atoms with E-state index in [2.05, 4.69) is 4.90 Å². The van der Waals surface area contributed by atoms with Gasteiger partial charge in [-0.3, -0.25) is 9.59 Å². The van der Waals surface area contributed by atoms with Crippen molar-refractivity contribution in [1.82, 2.24) is 14.4 Å². The maximum Gasteiger partial charge on any atom is 0.308 e. The van der Waals surface area contributed by atoms with Crippen molar-refractivity contribution in [2.75, 3.05) is 27.2 Å². The van der Waals surface area contributed by atoms with Crippen LogP contribution in [-0.2, 0) is 11.8 Å². The molecule has 0 bridgehead atoms. The first kappa shape index (κ1) is 17.5. The van der Waals surface area contributed by atoms with Crippen LogP contribution in [0.2, 0.25) is 0 Å². The van der Waals surface area contributed by atoms with Gasteiger partial charge in [0, 0.05) is 48.8 Å². The average Bonchev–Trinajstić information content (AvgIpc) is 2.82. The van der Waals surface area contributed by atoms with Crippen molar-refractivity contribution in [2.24, 2.45) is 13.0 Å². The molecular weight excluding hydrogens is 318 g/mol. The molecule has 6 heteroatoms. The number of carboxylic acid groups (broad SMARTS) is 1. The van der Waals surface area contributed by atoms with Crippen molar-refractivity contribution in [1.29, 1.82) is 0 Å². The summed E-state index contributed by atoms with van der Waals surface area (Å²) in [5.41, 5.74) is 1.64. The zero-order valence-electron chi connectivity index (χ0n) is 15.0. The number of hydrogen-bond donors (Lipinski definition) is 1. The SMILES string of the molecule is CN(C)[C@@H]1CC[C@H](C(=O)O)CN(C(=O)c2cccc3c2ccn3C)C1. The third-order valence-electron chi connectivity index (χ3n) is 5.25. The third-order valence-corrected chi connectivity index (χ3v) is 5.25. The van der Waals surface area contributed by atoms with Crippen LogP contribution in [0.15, 0.2) is 30.5 Å². The fourth-order valence-corrected chi connectivity index (χ4v) is 3.62. The number of aliphatic carboxylic acids is 1. The summed E-state index contributed by atoms with van der Waals surface area (Å²) in [7, 11) is 5.91. The Morgan fingerprint density at radius 3 is 2.60 bits per heavy atom. The van der Waals surface area contributed by atoms with Crippen LogP contribution in [0, 0.1) is 5.92 Å². The van der Waals surface area contributed by atoms with E-state index in [1.165, 1.54) is 0 Å². The minimum atomic E-state index is -0.824. The van der Waals surface area contributed by atoms with Crippen molar-refractivity contribution < 1.29 is 14.7 Å². The van der Waals surface area contributed by atoms with Crippen molar-refractivity contribution in [3.63, 3.8) is 0 Å². The molecule has 1 aromatic carbocycles. The van der Waals surface area contributed by atoms with Gasteiger partial charge in [-0.05, 0) is 45.1 Å². The van der Waals surface area contributed by atoms with Crippen LogP contribution in [-0.4, -0.2) is 64.6 Å². The first-order chi connectivity index (χ1) is 11.9. The van der Waals surface area contributed by atoms with Crippen LogP contribution < -0.4 is 0 Å². The van der Waals surface area contributed by atoms with Crippen LogP contribution in [0.3, 0.4) is 0 Å². The first-order valence-corrected chi connectivity index (χ1v) is 8.61. The lowest BCUT2D eigenvalue weighted by Crippen LogP contribution is -2.43. The molecule has 1 aliphatic rings. The Morgan fingerprint density at radius 1 is 1.16 bits per heavy atom. The largest absolute Gasteiger partial charge is 0.481 e. The number of aromatic nitrogens is 1. The van der Waals surface area contributed by atoms with Crippen LogP contribution >= 0.6 is 0 Å². The molecule has 0 aliphatic carbocycles. The van der Waals surface area contributed by atoms with E-state index >= 15 is 0 Å². The second-order valence-corrected chi connectivity index (χ2v) is 7.11. The molecule has 2 heterocycles. The molecule has 1 amide bonds. The maximum atomic E-state index is 13.2. The molecule has 1 N–H and O–H groups in total. The highest BCUT2D eigenvalue weighted by atomic mass is 16.4. The van der Waals surface area contributed by atoms with Crippen molar-refractivity contribution in [2.45, 2.75) is 18.9 Å². The Kier molecular flexibility index (Phi) is 4.81. The topological polar surface area (TPSA) is 65.8 Å². The van der Waals surface area contributed by atoms with Crippen molar-refractivity contribution in [3.05, 3.63) is 36.0 Å². The van der Waals surface area contributed by atoms with Crippen LogP contribution in [0.25, 0.3) is 10.9 Å². The molecule has 2 aromatic rings. The molecule has 134 valence electrons. The standard InChI is InChI=1S/C19H25N3O3/c1-20(2)14-8-7-13(19(24)25)11-22(12-14)18(23)16-5-4-6-17-15(16)9-10-21(17)3/h4-6,9-10,13-14H,7-8,11-12H2,1-3H3,(H,24,25)/t13-,14+/m0/s1. The number of hydrogen-bond acceptors (Lipinski definition) is 3. The van der Waals surface area contributed by atoms with Gasteiger partial charge in [0.1, 0.15) is 0 Å². The zero-order valence-corrected chi connectivity index (χ0v) is 15.0. The maximum absolute atomic E-state index is 13.2. The molecule has 0 saturated carbocycles. The number of rotatable bonds is 3. The third kappa shape index (κ3) is 3.39. The predicted molar refractivity (Wildman–Crippen MR) is 96.7 cm³/mol. The van der Waals surface area contributed by atoms with Gasteiger partial charge in [0.25, 0.3) is 5.91 Å². The summed E-state index contributed by atoms with van der Waals surface area (Å²) in [5.74, 6) is -1.42. The number of benzene rings is 1. The van der Waals surface area contributed by atoms with E-state index < -0.39 is 11.9 Å². The first-order valence-electron chi connectivity index (χ1n) is 8.61. The number of carbonyl (C=O) groups excluding carboxylic acids is 1. The van der Waals surface area contributed by atoms with Crippen molar-refractivity contribution in [3.8, 4) is 0 Å². The molecule has 2 atom stereocenters. The molecule has 1 aromatic heterocycles. The molecule has 0 radical (unpaired) electrons. The molecule has 1 saturated heterocycles. The second kappa shape index (κ2) is 6.88. The highest BCUT2D eigenvalue weighted by Crippen LogP contribution is 2.25. The fourth-order valence-electron chi connectivity index (χ4n) is 3.62. The number of nitrogens with zero attached hydrogens (tertiary/aromatic N) is 3. The van der Waals surface area contributed by atoms with Gasteiger partial charge in [0.15, 0.2) is 0 Å². The lowest BCUT2D eigenvalue weighted by Gasteiger charge is -2.29. The van der Waals surface area contributed by atoms with E-state index in [-0.39, 0.29) is 18.5 Å². The van der Waals surface area contributed by atoms with Gasteiger partial charge in [-0.1, -0.05) is 6.07 Å². The number of amides is 1. The fraction of sp³-hybridized carbons (Fsp3) is 0.474. The smallest absolute Gasteiger partial charge is 0.308 e. The molecule has 0 unspecified atom stereocenters. The monoisotopic (exact) mass is 343 g/mol. The molecule has 3 rings (SSSR count). The van der Waals surface area contributed by atoms with Gasteiger partial charge < -0.3 is 19.5 Å². The van der Waals surface area contributed by atoms with Gasteiger partial charge in [0.2, 0.25) is 0 Å². The Morgan fingerprint density at radius 2 is 1.92 bits per heavy atom. The summed E-state index contributed by atoms with van der Waals surface area (Å²) in [6.07, 6.45) is 3.31. The highest BCUT2D eigenvalue weighted by Gasteiger charge is 2.32. The van der Waals surface area contributed by atoms with E-state index in [9.17, 15) is 14.7 Å². The summed E-state index contributed by atoms with van der Waals surface area (Å²) in [6, 6.07) is 7.81. The number of aryl methyl sites for hydroxylation is 1. The number of fused-ring (bicyclic) bond motifs is 1. The molecular formula is C19H25N3O3. The van der Waals surface area contributed by atoms with E-state index in [4.69, 9.17) is 0 Å². The molecule has 1 fully saturated rings. The van der Waals surface area contributed by atoms with Crippen LogP contribution in [0.5, 0.6) is 0 Å². The predicted octanol–water partition coefficient (Wildman–Crippen LogP) is 2.05. The van der Waals surface area contributed by atoms with Crippen LogP contribution in [0.1, 0.15) is 23.2 Å². The van der Waals surface area contributed by atoms with E-state index in [1.54, 1.807) is 4.90 Å². The Bertz CT molecular complexity index is 796. The van der Waals surface area contributed by atoms with Gasteiger partial charge in [-0.25, -0.2) is 0 Å². The summed E-state index contributed by atoms with van der Waals surface area (Å²) in [4.78, 5) is 28.6. The normalized spacial score (nSPS) is 21.5. The molecule has 25 heavy (non-hydrogen) atoms. The quantitative estimate of drug-likeness (QED) is 0.926. The molecule has 6 nitrogen and oxygen atoms in total. The lowest BCUT2D eigenvalue weighted by molar-refractivity contribution is -0.142. The number of likely N-dealkylation sites (tertiary alicyclic amines) is 1. The summed E-state index contributed by atoms with van der Waals surface area (Å²) < 4.78 is 1.98. The Hall–Kier alpha value is -2.34. The molecule has 1 aliphatic heterocycles. The minimum Gasteiger partial charge on any atom is -0.481 e.